The third kappa shape index (κ3) is 5.32. The zero-order chi connectivity index (χ0) is 20.1. The molecule has 0 heterocycles. The van der Waals surface area contributed by atoms with Crippen LogP contribution in [0.4, 0.5) is 4.79 Å². The van der Waals surface area contributed by atoms with E-state index in [0.717, 1.165) is 6.92 Å². The van der Waals surface area contributed by atoms with Crippen molar-refractivity contribution in [2.75, 3.05) is 6.61 Å². The lowest BCUT2D eigenvalue weighted by molar-refractivity contribution is -0.556. The Kier molecular flexibility index (Phi) is 6.97. The van der Waals surface area contributed by atoms with Crippen molar-refractivity contribution in [1.82, 2.24) is 5.32 Å². The van der Waals surface area contributed by atoms with Gasteiger partial charge in [0.1, 0.15) is 11.6 Å². The van der Waals surface area contributed by atoms with Gasteiger partial charge in [-0.25, -0.2) is 9.59 Å². The Bertz CT molecular complexity index is 671. The zero-order valence-electron chi connectivity index (χ0n) is 15.4. The largest absolute Gasteiger partial charge is 0.461 e. The number of carbonyl (C=O) groups is 2. The molecule has 0 spiro atoms. The molecule has 0 aliphatic carbocycles. The molecule has 1 N–H and O–H groups in total. The molecule has 0 aliphatic heterocycles. The lowest BCUT2D eigenvalue weighted by Crippen LogP contribution is -2.55. The Morgan fingerprint density at radius 2 is 1.77 bits per heavy atom. The molecule has 0 saturated heterocycles. The minimum Gasteiger partial charge on any atom is -0.461 e. The number of carbonyl (C=O) groups excluding carboxylic acids is 2. The number of hydrogen-bond acceptors (Lipinski definition) is 6. The zero-order valence-corrected chi connectivity index (χ0v) is 16.1. The fourth-order valence-corrected chi connectivity index (χ4v) is 2.33. The van der Waals surface area contributed by atoms with Crippen molar-refractivity contribution in [3.05, 3.63) is 45.0 Å². The first-order valence-electron chi connectivity index (χ1n) is 7.98. The first-order valence-corrected chi connectivity index (χ1v) is 8.36. The van der Waals surface area contributed by atoms with E-state index >= 15 is 0 Å². The molecule has 0 bridgehead atoms. The van der Waals surface area contributed by atoms with E-state index in [0.29, 0.717) is 10.6 Å². The van der Waals surface area contributed by atoms with Gasteiger partial charge >= 0.3 is 17.6 Å². The topological polar surface area (TPSA) is 108 Å². The quantitative estimate of drug-likeness (QED) is 0.455. The second-order valence-corrected chi connectivity index (χ2v) is 7.19. The molecule has 0 radical (unpaired) electrons. The molecule has 1 rings (SSSR count). The Morgan fingerprint density at radius 1 is 1.23 bits per heavy atom. The number of alkyl carbamates (subject to hydrolysis) is 1. The van der Waals surface area contributed by atoms with Gasteiger partial charge in [-0.1, -0.05) is 23.7 Å². The minimum absolute atomic E-state index is 0.0396. The van der Waals surface area contributed by atoms with Gasteiger partial charge < -0.3 is 14.8 Å². The van der Waals surface area contributed by atoms with Gasteiger partial charge in [0, 0.05) is 16.9 Å². The maximum Gasteiger partial charge on any atom is 0.408 e. The predicted molar refractivity (Wildman–Crippen MR) is 95.6 cm³/mol. The normalized spacial score (nSPS) is 14.7. The van der Waals surface area contributed by atoms with Gasteiger partial charge in [0.05, 0.1) is 6.61 Å². The van der Waals surface area contributed by atoms with Crippen LogP contribution in [0.25, 0.3) is 0 Å². The van der Waals surface area contributed by atoms with Crippen LogP contribution in [-0.2, 0) is 14.3 Å². The number of halogens is 1. The van der Waals surface area contributed by atoms with Crippen molar-refractivity contribution < 1.29 is 24.0 Å². The smallest absolute Gasteiger partial charge is 0.408 e. The number of amides is 1. The van der Waals surface area contributed by atoms with Crippen molar-refractivity contribution in [2.24, 2.45) is 0 Å². The molecule has 1 amide bonds. The first kappa shape index (κ1) is 21.7. The van der Waals surface area contributed by atoms with E-state index in [1.165, 1.54) is 31.2 Å². The second kappa shape index (κ2) is 8.35. The summed E-state index contributed by atoms with van der Waals surface area (Å²) in [6, 6.07) is 4.67. The standard InChI is InChI=1S/C17H23ClN2O6/c1-6-25-14(21)17(5,20(23)24)13(11-7-9-12(18)10-8-11)19-15(22)26-16(2,3)4/h7-10,13H,6H2,1-5H3,(H,19,22)/t13-,17-/m0/s1. The van der Waals surface area contributed by atoms with Gasteiger partial charge in [-0.3, -0.25) is 10.1 Å². The van der Waals surface area contributed by atoms with E-state index < -0.39 is 34.2 Å². The number of rotatable bonds is 6. The molecule has 9 heteroatoms. The number of hydrogen-bond donors (Lipinski definition) is 1. The van der Waals surface area contributed by atoms with Crippen LogP contribution in [0, 0.1) is 10.1 Å². The summed E-state index contributed by atoms with van der Waals surface area (Å²) in [5, 5.41) is 14.6. The number of esters is 1. The SMILES string of the molecule is CCOC(=O)[C@](C)([C@@H](NC(=O)OC(C)(C)C)c1ccc(Cl)cc1)[N+](=O)[O-]. The molecule has 144 valence electrons. The molecule has 2 atom stereocenters. The number of nitrogens with zero attached hydrogens (tertiary/aromatic N) is 1. The van der Waals surface area contributed by atoms with Crippen LogP contribution in [0.15, 0.2) is 24.3 Å². The third-order valence-electron chi connectivity index (χ3n) is 3.49. The minimum atomic E-state index is -2.26. The summed E-state index contributed by atoms with van der Waals surface area (Å²) in [7, 11) is 0. The number of nitrogens with one attached hydrogen (secondary N) is 1. The fraction of sp³-hybridized carbons (Fsp3) is 0.529. The number of benzene rings is 1. The maximum absolute atomic E-state index is 12.4. The lowest BCUT2D eigenvalue weighted by Gasteiger charge is -2.30. The molecule has 0 unspecified atom stereocenters. The van der Waals surface area contributed by atoms with Crippen molar-refractivity contribution >= 4 is 23.7 Å². The van der Waals surface area contributed by atoms with Gasteiger partial charge in [-0.2, -0.15) is 0 Å². The highest BCUT2D eigenvalue weighted by atomic mass is 35.5. The average molecular weight is 387 g/mol. The summed E-state index contributed by atoms with van der Waals surface area (Å²) in [5.74, 6) is -1.07. The first-order chi connectivity index (χ1) is 11.9. The number of ether oxygens (including phenoxy) is 2. The van der Waals surface area contributed by atoms with Crippen molar-refractivity contribution in [1.29, 1.82) is 0 Å². The highest BCUT2D eigenvalue weighted by Gasteiger charge is 2.56. The van der Waals surface area contributed by atoms with E-state index in [1.54, 1.807) is 20.8 Å². The molecular weight excluding hydrogens is 364 g/mol. The monoisotopic (exact) mass is 386 g/mol. The summed E-state index contributed by atoms with van der Waals surface area (Å²) in [4.78, 5) is 35.6. The van der Waals surface area contributed by atoms with Crippen LogP contribution < -0.4 is 5.32 Å². The van der Waals surface area contributed by atoms with Crippen LogP contribution in [0.5, 0.6) is 0 Å². The highest BCUT2D eigenvalue weighted by molar-refractivity contribution is 6.30. The van der Waals surface area contributed by atoms with Crippen molar-refractivity contribution in [3.63, 3.8) is 0 Å². The molecule has 8 nitrogen and oxygen atoms in total. The van der Waals surface area contributed by atoms with Crippen LogP contribution in [0.3, 0.4) is 0 Å². The number of nitro groups is 1. The highest BCUT2D eigenvalue weighted by Crippen LogP contribution is 2.31. The van der Waals surface area contributed by atoms with E-state index in [4.69, 9.17) is 21.1 Å². The molecule has 0 saturated carbocycles. The Balaban J connectivity index is 3.37. The molecule has 0 aliphatic rings. The Morgan fingerprint density at radius 3 is 2.19 bits per heavy atom. The van der Waals surface area contributed by atoms with Crippen LogP contribution in [0.2, 0.25) is 5.02 Å². The molecular formula is C17H23ClN2O6. The summed E-state index contributed by atoms with van der Waals surface area (Å²) < 4.78 is 10.1. The Hall–Kier alpha value is -2.35. The van der Waals surface area contributed by atoms with E-state index in [1.807, 2.05) is 0 Å². The lowest BCUT2D eigenvalue weighted by atomic mass is 9.87. The van der Waals surface area contributed by atoms with E-state index in [9.17, 15) is 19.7 Å². The van der Waals surface area contributed by atoms with Crippen molar-refractivity contribution in [2.45, 2.75) is 51.8 Å². The fourth-order valence-electron chi connectivity index (χ4n) is 2.20. The Labute approximate surface area is 157 Å². The summed E-state index contributed by atoms with van der Waals surface area (Å²) in [6.07, 6.45) is -0.894. The van der Waals surface area contributed by atoms with Crippen LogP contribution in [0.1, 0.15) is 46.2 Å². The third-order valence-corrected chi connectivity index (χ3v) is 3.75. The maximum atomic E-state index is 12.4. The second-order valence-electron chi connectivity index (χ2n) is 6.76. The summed E-state index contributed by atoms with van der Waals surface area (Å²) in [6.45, 7) is 7.56. The molecule has 1 aromatic rings. The average Bonchev–Trinajstić information content (AvgIpc) is 2.51. The van der Waals surface area contributed by atoms with Gasteiger partial charge in [0.25, 0.3) is 0 Å². The van der Waals surface area contributed by atoms with Crippen LogP contribution >= 0.6 is 11.6 Å². The molecule has 0 aromatic heterocycles. The molecule has 1 aromatic carbocycles. The van der Waals surface area contributed by atoms with Gasteiger partial charge in [-0.15, -0.1) is 0 Å². The van der Waals surface area contributed by atoms with Gasteiger partial charge in [-0.05, 0) is 45.4 Å². The van der Waals surface area contributed by atoms with Gasteiger partial charge in [0.2, 0.25) is 0 Å². The van der Waals surface area contributed by atoms with E-state index in [-0.39, 0.29) is 6.61 Å². The van der Waals surface area contributed by atoms with Crippen molar-refractivity contribution in [3.8, 4) is 0 Å². The summed E-state index contributed by atoms with van der Waals surface area (Å²) in [5.41, 5.74) is -2.77. The predicted octanol–water partition coefficient (Wildman–Crippen LogP) is 3.50. The molecule has 26 heavy (non-hydrogen) atoms. The van der Waals surface area contributed by atoms with Crippen LogP contribution in [-0.4, -0.2) is 34.7 Å². The molecule has 0 fully saturated rings. The summed E-state index contributed by atoms with van der Waals surface area (Å²) >= 11 is 5.86. The van der Waals surface area contributed by atoms with Gasteiger partial charge in [0.15, 0.2) is 0 Å². The van der Waals surface area contributed by atoms with E-state index in [2.05, 4.69) is 5.32 Å².